The zero-order valence-electron chi connectivity index (χ0n) is 14.1. The van der Waals surface area contributed by atoms with Crippen LogP contribution in [-0.4, -0.2) is 48.0 Å². The molecule has 5 heteroatoms. The topological polar surface area (TPSA) is 55.8 Å². The molecule has 132 valence electrons. The normalized spacial score (nSPS) is 29.6. The van der Waals surface area contributed by atoms with Crippen molar-refractivity contribution in [3.8, 4) is 0 Å². The number of rotatable bonds is 12. The molecule has 23 heavy (non-hydrogen) atoms. The molecular weight excluding hydrogens is 312 g/mol. The third kappa shape index (κ3) is 6.12. The predicted octanol–water partition coefficient (Wildman–Crippen LogP) is 3.75. The van der Waals surface area contributed by atoms with E-state index in [2.05, 4.69) is 6.08 Å². The molecule has 2 heterocycles. The Morgan fingerprint density at radius 1 is 1.26 bits per heavy atom. The van der Waals surface area contributed by atoms with Gasteiger partial charge in [-0.15, -0.1) is 0 Å². The lowest BCUT2D eigenvalue weighted by Crippen LogP contribution is -2.31. The fraction of sp³-hybridized carbons (Fsp3) is 0.833. The van der Waals surface area contributed by atoms with Crippen molar-refractivity contribution in [2.24, 2.45) is 11.8 Å². The monoisotopic (exact) mass is 342 g/mol. The Hall–Kier alpha value is -0.520. The van der Waals surface area contributed by atoms with Crippen LogP contribution >= 0.6 is 11.8 Å². The van der Waals surface area contributed by atoms with Gasteiger partial charge >= 0.3 is 5.97 Å². The van der Waals surface area contributed by atoms with E-state index < -0.39 is 5.97 Å². The first kappa shape index (κ1) is 18.8. The maximum absolute atomic E-state index is 10.5. The number of carboxylic acids is 1. The van der Waals surface area contributed by atoms with Crippen LogP contribution in [0, 0.1) is 11.8 Å². The molecule has 2 fully saturated rings. The van der Waals surface area contributed by atoms with Crippen molar-refractivity contribution < 1.29 is 19.4 Å². The van der Waals surface area contributed by atoms with E-state index >= 15 is 0 Å². The van der Waals surface area contributed by atoms with Crippen LogP contribution in [0.25, 0.3) is 0 Å². The lowest BCUT2D eigenvalue weighted by molar-refractivity contribution is -0.137. The van der Waals surface area contributed by atoms with E-state index in [0.717, 1.165) is 31.0 Å². The minimum atomic E-state index is -0.685. The number of allylic oxidation sites excluding steroid dienone is 1. The van der Waals surface area contributed by atoms with E-state index in [4.69, 9.17) is 14.6 Å². The standard InChI is InChI=1S/C18H30O4S/c1-2-3-10-21-13-15-14(16-7-8-17(15)22-16)9-12-23-11-5-4-6-18(19)20/h2-3,14-17H,4-13H2,1H3,(H,19,20)/b3-2+. The molecule has 2 bridgehead atoms. The summed E-state index contributed by atoms with van der Waals surface area (Å²) in [7, 11) is 0. The zero-order valence-corrected chi connectivity index (χ0v) is 14.9. The fourth-order valence-electron chi connectivity index (χ4n) is 3.67. The number of thioether (sulfide) groups is 1. The molecule has 0 amide bonds. The van der Waals surface area contributed by atoms with Gasteiger partial charge in [0.2, 0.25) is 0 Å². The SMILES string of the molecule is C/C=C/COCC1C2CCC(O2)C1CCSCCCCC(=O)O. The summed E-state index contributed by atoms with van der Waals surface area (Å²) in [5.74, 6) is 2.74. The molecule has 2 saturated heterocycles. The third-order valence-electron chi connectivity index (χ3n) is 4.88. The second kappa shape index (κ2) is 10.4. The minimum absolute atomic E-state index is 0.298. The highest BCUT2D eigenvalue weighted by molar-refractivity contribution is 7.99. The van der Waals surface area contributed by atoms with Crippen LogP contribution in [0.1, 0.15) is 45.4 Å². The summed E-state index contributed by atoms with van der Waals surface area (Å²) in [5.41, 5.74) is 0. The molecule has 4 atom stereocenters. The zero-order chi connectivity index (χ0) is 16.5. The number of ether oxygens (including phenoxy) is 2. The Morgan fingerprint density at radius 2 is 2.04 bits per heavy atom. The average molecular weight is 343 g/mol. The van der Waals surface area contributed by atoms with Gasteiger partial charge in [0.15, 0.2) is 0 Å². The van der Waals surface area contributed by atoms with E-state index in [1.807, 2.05) is 24.8 Å². The van der Waals surface area contributed by atoms with Crippen molar-refractivity contribution in [2.45, 2.75) is 57.7 Å². The van der Waals surface area contributed by atoms with Crippen LogP contribution in [0.5, 0.6) is 0 Å². The van der Waals surface area contributed by atoms with Crippen molar-refractivity contribution in [3.63, 3.8) is 0 Å². The number of aliphatic carboxylic acids is 1. The Labute approximate surface area is 144 Å². The van der Waals surface area contributed by atoms with Gasteiger partial charge in [0.25, 0.3) is 0 Å². The van der Waals surface area contributed by atoms with Crippen LogP contribution in [-0.2, 0) is 14.3 Å². The van der Waals surface area contributed by atoms with Gasteiger partial charge in [0.05, 0.1) is 25.4 Å². The molecule has 2 rings (SSSR count). The summed E-state index contributed by atoms with van der Waals surface area (Å²) in [6.07, 6.45) is 10.6. The summed E-state index contributed by atoms with van der Waals surface area (Å²) < 4.78 is 11.9. The van der Waals surface area contributed by atoms with Crippen molar-refractivity contribution in [3.05, 3.63) is 12.2 Å². The molecular formula is C18H30O4S. The molecule has 0 aliphatic carbocycles. The largest absolute Gasteiger partial charge is 0.481 e. The summed E-state index contributed by atoms with van der Waals surface area (Å²) in [5, 5.41) is 8.62. The van der Waals surface area contributed by atoms with Crippen LogP contribution in [0.3, 0.4) is 0 Å². The van der Waals surface area contributed by atoms with E-state index in [0.29, 0.717) is 37.1 Å². The minimum Gasteiger partial charge on any atom is -0.481 e. The number of carbonyl (C=O) groups is 1. The van der Waals surface area contributed by atoms with Crippen molar-refractivity contribution in [2.75, 3.05) is 24.7 Å². The summed E-state index contributed by atoms with van der Waals surface area (Å²) in [4.78, 5) is 10.5. The quantitative estimate of drug-likeness (QED) is 0.432. The number of fused-ring (bicyclic) bond motifs is 2. The van der Waals surface area contributed by atoms with Gasteiger partial charge < -0.3 is 14.6 Å². The predicted molar refractivity (Wildman–Crippen MR) is 93.9 cm³/mol. The number of carboxylic acid groups (broad SMARTS) is 1. The molecule has 0 aromatic carbocycles. The Morgan fingerprint density at radius 3 is 2.78 bits per heavy atom. The first-order valence-corrected chi connectivity index (χ1v) is 10.0. The van der Waals surface area contributed by atoms with E-state index in [1.54, 1.807) is 0 Å². The molecule has 1 N–H and O–H groups in total. The van der Waals surface area contributed by atoms with Crippen molar-refractivity contribution in [1.29, 1.82) is 0 Å². The molecule has 0 aromatic heterocycles. The first-order valence-electron chi connectivity index (χ1n) is 8.86. The van der Waals surface area contributed by atoms with Crippen molar-refractivity contribution >= 4 is 17.7 Å². The molecule has 0 spiro atoms. The Balaban J connectivity index is 1.61. The number of hydrogen-bond acceptors (Lipinski definition) is 4. The Kier molecular flexibility index (Phi) is 8.48. The highest BCUT2D eigenvalue weighted by atomic mass is 32.2. The van der Waals surface area contributed by atoms with Crippen LogP contribution < -0.4 is 0 Å². The van der Waals surface area contributed by atoms with Crippen LogP contribution in [0.2, 0.25) is 0 Å². The van der Waals surface area contributed by atoms with Gasteiger partial charge in [0.1, 0.15) is 0 Å². The Bertz CT molecular complexity index is 385. The van der Waals surface area contributed by atoms with Crippen LogP contribution in [0.15, 0.2) is 12.2 Å². The van der Waals surface area contributed by atoms with E-state index in [1.165, 1.54) is 19.3 Å². The van der Waals surface area contributed by atoms with Gasteiger partial charge in [-0.3, -0.25) is 4.79 Å². The van der Waals surface area contributed by atoms with Crippen molar-refractivity contribution in [1.82, 2.24) is 0 Å². The maximum atomic E-state index is 10.5. The van der Waals surface area contributed by atoms with Gasteiger partial charge in [-0.25, -0.2) is 0 Å². The molecule has 2 aliphatic rings. The number of hydrogen-bond donors (Lipinski definition) is 1. The molecule has 0 aromatic rings. The van der Waals surface area contributed by atoms with Gasteiger partial charge in [0, 0.05) is 12.3 Å². The third-order valence-corrected chi connectivity index (χ3v) is 5.98. The van der Waals surface area contributed by atoms with Gasteiger partial charge in [-0.2, -0.15) is 11.8 Å². The fourth-order valence-corrected chi connectivity index (χ4v) is 4.72. The molecule has 2 aliphatic heterocycles. The lowest BCUT2D eigenvalue weighted by atomic mass is 9.78. The van der Waals surface area contributed by atoms with Gasteiger partial charge in [-0.1, -0.05) is 12.2 Å². The maximum Gasteiger partial charge on any atom is 0.303 e. The van der Waals surface area contributed by atoms with E-state index in [-0.39, 0.29) is 0 Å². The highest BCUT2D eigenvalue weighted by Gasteiger charge is 2.48. The molecule has 4 nitrogen and oxygen atoms in total. The van der Waals surface area contributed by atoms with Crippen LogP contribution in [0.4, 0.5) is 0 Å². The average Bonchev–Trinajstić information content (AvgIpc) is 3.12. The number of unbranched alkanes of at least 4 members (excludes halogenated alkanes) is 1. The first-order chi connectivity index (χ1) is 11.2. The summed E-state index contributed by atoms with van der Waals surface area (Å²) >= 11 is 1.95. The second-order valence-corrected chi connectivity index (χ2v) is 7.70. The summed E-state index contributed by atoms with van der Waals surface area (Å²) in [6, 6.07) is 0. The summed E-state index contributed by atoms with van der Waals surface area (Å²) in [6.45, 7) is 3.54. The smallest absolute Gasteiger partial charge is 0.303 e. The van der Waals surface area contributed by atoms with E-state index in [9.17, 15) is 4.79 Å². The molecule has 0 radical (unpaired) electrons. The second-order valence-electron chi connectivity index (χ2n) is 6.48. The lowest BCUT2D eigenvalue weighted by Gasteiger charge is -2.27. The molecule has 4 unspecified atom stereocenters. The highest BCUT2D eigenvalue weighted by Crippen LogP contribution is 2.45. The molecule has 0 saturated carbocycles. The van der Waals surface area contributed by atoms with Gasteiger partial charge in [-0.05, 0) is 56.5 Å².